The van der Waals surface area contributed by atoms with E-state index in [-0.39, 0.29) is 6.04 Å². The van der Waals surface area contributed by atoms with E-state index in [9.17, 15) is 0 Å². The van der Waals surface area contributed by atoms with Gasteiger partial charge in [-0.15, -0.1) is 11.3 Å². The van der Waals surface area contributed by atoms with E-state index in [1.165, 1.54) is 37.0 Å². The van der Waals surface area contributed by atoms with Gasteiger partial charge in [-0.05, 0) is 26.2 Å². The highest BCUT2D eigenvalue weighted by atomic mass is 32.1. The molecule has 0 aliphatic heterocycles. The van der Waals surface area contributed by atoms with E-state index in [1.54, 1.807) is 11.3 Å². The molecule has 3 heteroatoms. The molecular weight excluding hydrogens is 216 g/mol. The van der Waals surface area contributed by atoms with Crippen LogP contribution in [0, 0.1) is 19.8 Å². The molecule has 1 aliphatic carbocycles. The second kappa shape index (κ2) is 5.28. The van der Waals surface area contributed by atoms with Gasteiger partial charge in [-0.25, -0.2) is 4.98 Å². The minimum absolute atomic E-state index is 0.217. The van der Waals surface area contributed by atoms with Gasteiger partial charge in [0.05, 0.1) is 10.7 Å². The molecule has 16 heavy (non-hydrogen) atoms. The molecule has 2 rings (SSSR count). The molecule has 0 saturated heterocycles. The Kier molecular flexibility index (Phi) is 3.98. The zero-order valence-electron chi connectivity index (χ0n) is 10.3. The minimum Gasteiger partial charge on any atom is -0.323 e. The number of aromatic nitrogens is 1. The van der Waals surface area contributed by atoms with Crippen LogP contribution in [0.15, 0.2) is 0 Å². The monoisotopic (exact) mass is 238 g/mol. The lowest BCUT2D eigenvalue weighted by molar-refractivity contribution is 0.320. The Morgan fingerprint density at radius 2 is 2.00 bits per heavy atom. The van der Waals surface area contributed by atoms with E-state index in [1.807, 2.05) is 0 Å². The fourth-order valence-corrected chi connectivity index (χ4v) is 3.72. The largest absolute Gasteiger partial charge is 0.323 e. The molecule has 0 amide bonds. The van der Waals surface area contributed by atoms with Gasteiger partial charge in [0.1, 0.15) is 0 Å². The Bertz CT molecular complexity index is 340. The standard InChI is InChI=1S/C13H22N2S/c1-9-13(16-10(2)15-9)12(14)8-11-6-4-3-5-7-11/h11-12H,3-8,14H2,1-2H3. The Balaban J connectivity index is 1.96. The van der Waals surface area contributed by atoms with Crippen molar-refractivity contribution in [1.82, 2.24) is 4.98 Å². The number of nitrogens with two attached hydrogens (primary N) is 1. The highest BCUT2D eigenvalue weighted by Gasteiger charge is 2.20. The van der Waals surface area contributed by atoms with Gasteiger partial charge < -0.3 is 5.73 Å². The Hall–Kier alpha value is -0.410. The van der Waals surface area contributed by atoms with Crippen molar-refractivity contribution in [2.75, 3.05) is 0 Å². The lowest BCUT2D eigenvalue weighted by Gasteiger charge is -2.24. The molecule has 2 nitrogen and oxygen atoms in total. The number of rotatable bonds is 3. The second-order valence-electron chi connectivity index (χ2n) is 5.03. The SMILES string of the molecule is Cc1nc(C)c(C(N)CC2CCCCC2)s1. The number of hydrogen-bond acceptors (Lipinski definition) is 3. The van der Waals surface area contributed by atoms with Crippen LogP contribution in [0.5, 0.6) is 0 Å². The fraction of sp³-hybridized carbons (Fsp3) is 0.769. The molecule has 1 aromatic heterocycles. The lowest BCUT2D eigenvalue weighted by Crippen LogP contribution is -2.17. The number of aryl methyl sites for hydroxylation is 2. The first-order chi connectivity index (χ1) is 7.66. The topological polar surface area (TPSA) is 38.9 Å². The molecule has 0 bridgehead atoms. The summed E-state index contributed by atoms with van der Waals surface area (Å²) in [4.78, 5) is 5.77. The molecule has 1 saturated carbocycles. The molecule has 1 unspecified atom stereocenters. The van der Waals surface area contributed by atoms with Crippen LogP contribution < -0.4 is 5.73 Å². The van der Waals surface area contributed by atoms with Crippen molar-refractivity contribution in [2.24, 2.45) is 11.7 Å². The maximum atomic E-state index is 6.31. The molecule has 90 valence electrons. The molecule has 1 heterocycles. The highest BCUT2D eigenvalue weighted by Crippen LogP contribution is 2.33. The van der Waals surface area contributed by atoms with Crippen LogP contribution in [0.2, 0.25) is 0 Å². The third kappa shape index (κ3) is 2.83. The summed E-state index contributed by atoms with van der Waals surface area (Å²) in [7, 11) is 0. The van der Waals surface area contributed by atoms with Gasteiger partial charge >= 0.3 is 0 Å². The Morgan fingerprint density at radius 1 is 1.31 bits per heavy atom. The van der Waals surface area contributed by atoms with Crippen LogP contribution in [0.4, 0.5) is 0 Å². The van der Waals surface area contributed by atoms with Crippen LogP contribution >= 0.6 is 11.3 Å². The fourth-order valence-electron chi connectivity index (χ4n) is 2.78. The Morgan fingerprint density at radius 3 is 2.56 bits per heavy atom. The summed E-state index contributed by atoms with van der Waals surface area (Å²) in [5.41, 5.74) is 7.45. The average molecular weight is 238 g/mol. The van der Waals surface area contributed by atoms with E-state index >= 15 is 0 Å². The third-order valence-corrected chi connectivity index (χ3v) is 4.79. The maximum Gasteiger partial charge on any atom is 0.0900 e. The van der Waals surface area contributed by atoms with E-state index in [0.29, 0.717) is 0 Å². The first-order valence-corrected chi connectivity index (χ1v) is 7.18. The summed E-state index contributed by atoms with van der Waals surface area (Å²) in [5, 5.41) is 1.14. The van der Waals surface area contributed by atoms with Crippen LogP contribution in [-0.2, 0) is 0 Å². The van der Waals surface area contributed by atoms with E-state index in [2.05, 4.69) is 18.8 Å². The summed E-state index contributed by atoms with van der Waals surface area (Å²) in [6, 6.07) is 0.217. The van der Waals surface area contributed by atoms with Gasteiger partial charge in [-0.2, -0.15) is 0 Å². The molecule has 0 spiro atoms. The predicted molar refractivity (Wildman–Crippen MR) is 69.7 cm³/mol. The van der Waals surface area contributed by atoms with Crippen molar-refractivity contribution < 1.29 is 0 Å². The van der Waals surface area contributed by atoms with E-state index in [4.69, 9.17) is 5.73 Å². The van der Waals surface area contributed by atoms with Gasteiger partial charge in [-0.3, -0.25) is 0 Å². The summed E-state index contributed by atoms with van der Waals surface area (Å²) in [6.07, 6.45) is 8.14. The summed E-state index contributed by atoms with van der Waals surface area (Å²) >= 11 is 1.77. The van der Waals surface area contributed by atoms with Crippen molar-refractivity contribution in [3.05, 3.63) is 15.6 Å². The number of nitrogens with zero attached hydrogens (tertiary/aromatic N) is 1. The molecule has 1 atom stereocenters. The van der Waals surface area contributed by atoms with Crippen molar-refractivity contribution in [3.8, 4) is 0 Å². The van der Waals surface area contributed by atoms with Crippen LogP contribution in [0.25, 0.3) is 0 Å². The molecule has 0 radical (unpaired) electrons. The summed E-state index contributed by atoms with van der Waals surface area (Å²) in [5.74, 6) is 0.852. The molecule has 1 aromatic rings. The van der Waals surface area contributed by atoms with Crippen molar-refractivity contribution in [1.29, 1.82) is 0 Å². The molecule has 2 N–H and O–H groups in total. The van der Waals surface area contributed by atoms with Crippen molar-refractivity contribution in [2.45, 2.75) is 58.4 Å². The molecule has 1 fully saturated rings. The number of thiazole rings is 1. The van der Waals surface area contributed by atoms with Crippen LogP contribution in [-0.4, -0.2) is 4.98 Å². The molecule has 0 aromatic carbocycles. The smallest absolute Gasteiger partial charge is 0.0900 e. The summed E-state index contributed by atoms with van der Waals surface area (Å²) < 4.78 is 0. The third-order valence-electron chi connectivity index (χ3n) is 3.59. The maximum absolute atomic E-state index is 6.31. The number of hydrogen-bond donors (Lipinski definition) is 1. The second-order valence-corrected chi connectivity index (χ2v) is 6.26. The van der Waals surface area contributed by atoms with Crippen LogP contribution in [0.1, 0.15) is 60.1 Å². The van der Waals surface area contributed by atoms with E-state index in [0.717, 1.165) is 23.0 Å². The van der Waals surface area contributed by atoms with Crippen molar-refractivity contribution in [3.63, 3.8) is 0 Å². The first-order valence-electron chi connectivity index (χ1n) is 6.36. The average Bonchev–Trinajstić information content (AvgIpc) is 2.59. The lowest BCUT2D eigenvalue weighted by atomic mass is 9.84. The zero-order valence-corrected chi connectivity index (χ0v) is 11.1. The molecular formula is C13H22N2S. The van der Waals surface area contributed by atoms with Crippen molar-refractivity contribution >= 4 is 11.3 Å². The van der Waals surface area contributed by atoms with Gasteiger partial charge in [0.25, 0.3) is 0 Å². The first kappa shape index (κ1) is 12.1. The van der Waals surface area contributed by atoms with E-state index < -0.39 is 0 Å². The van der Waals surface area contributed by atoms with Gasteiger partial charge in [0, 0.05) is 10.9 Å². The van der Waals surface area contributed by atoms with Gasteiger partial charge in [-0.1, -0.05) is 32.1 Å². The molecule has 1 aliphatic rings. The zero-order chi connectivity index (χ0) is 11.5. The Labute approximate surface area is 102 Å². The van der Waals surface area contributed by atoms with Crippen LogP contribution in [0.3, 0.4) is 0 Å². The predicted octanol–water partition coefficient (Wildman–Crippen LogP) is 3.73. The normalized spacial score (nSPS) is 19.9. The quantitative estimate of drug-likeness (QED) is 0.871. The summed E-state index contributed by atoms with van der Waals surface area (Å²) in [6.45, 7) is 4.15. The minimum atomic E-state index is 0.217. The van der Waals surface area contributed by atoms with Gasteiger partial charge in [0.15, 0.2) is 0 Å². The van der Waals surface area contributed by atoms with Gasteiger partial charge in [0.2, 0.25) is 0 Å². The highest BCUT2D eigenvalue weighted by molar-refractivity contribution is 7.11.